The number of hydrogen-bond donors (Lipinski definition) is 1. The van der Waals surface area contributed by atoms with Crippen LogP contribution in [0.2, 0.25) is 0 Å². The molecule has 1 heterocycles. The fraction of sp³-hybridized carbons (Fsp3) is 0.462. The molecule has 1 aromatic carbocycles. The summed E-state index contributed by atoms with van der Waals surface area (Å²) >= 11 is 0. The maximum Gasteiger partial charge on any atom is 0.338 e. The van der Waals surface area contributed by atoms with Crippen LogP contribution in [0.5, 0.6) is 5.75 Å². The van der Waals surface area contributed by atoms with Gasteiger partial charge in [-0.1, -0.05) is 0 Å². The standard InChI is InChI=1S/C13H17NO3/c1-16-12-4-2-11(3-5-12)13(15)17-9-10-6-7-14-8-10/h2-5,10,14H,6-9H2,1H3/t10-/m1/s1. The molecule has 1 N–H and O–H groups in total. The number of carbonyl (C=O) groups is 1. The van der Waals surface area contributed by atoms with Crippen molar-refractivity contribution >= 4 is 5.97 Å². The first-order chi connectivity index (χ1) is 8.29. The highest BCUT2D eigenvalue weighted by atomic mass is 16.5. The van der Waals surface area contributed by atoms with Crippen molar-refractivity contribution in [1.29, 1.82) is 0 Å². The summed E-state index contributed by atoms with van der Waals surface area (Å²) in [6.45, 7) is 2.46. The highest BCUT2D eigenvalue weighted by molar-refractivity contribution is 5.89. The van der Waals surface area contributed by atoms with Crippen molar-refractivity contribution in [3.8, 4) is 5.75 Å². The van der Waals surface area contributed by atoms with E-state index >= 15 is 0 Å². The molecule has 1 aliphatic heterocycles. The van der Waals surface area contributed by atoms with Crippen molar-refractivity contribution in [2.24, 2.45) is 5.92 Å². The first-order valence-corrected chi connectivity index (χ1v) is 5.81. The Hall–Kier alpha value is -1.55. The fourth-order valence-electron chi connectivity index (χ4n) is 1.86. The Morgan fingerprint density at radius 1 is 1.41 bits per heavy atom. The first kappa shape index (κ1) is 11.9. The zero-order valence-electron chi connectivity index (χ0n) is 9.94. The van der Waals surface area contributed by atoms with Crippen molar-refractivity contribution in [2.45, 2.75) is 6.42 Å². The quantitative estimate of drug-likeness (QED) is 0.803. The molecule has 1 saturated heterocycles. The molecule has 1 atom stereocenters. The van der Waals surface area contributed by atoms with E-state index < -0.39 is 0 Å². The molecule has 0 bridgehead atoms. The number of hydrogen-bond acceptors (Lipinski definition) is 4. The SMILES string of the molecule is COc1ccc(C(=O)OC[C@@H]2CCNC2)cc1. The third-order valence-corrected chi connectivity index (χ3v) is 2.94. The Balaban J connectivity index is 1.85. The summed E-state index contributed by atoms with van der Waals surface area (Å²) in [6, 6.07) is 6.95. The minimum absolute atomic E-state index is 0.264. The molecule has 1 aromatic rings. The molecule has 4 heteroatoms. The normalized spacial score (nSPS) is 19.0. The van der Waals surface area contributed by atoms with Crippen LogP contribution in [0.25, 0.3) is 0 Å². The van der Waals surface area contributed by atoms with Gasteiger partial charge in [0.1, 0.15) is 5.75 Å². The van der Waals surface area contributed by atoms with Gasteiger partial charge in [0.15, 0.2) is 0 Å². The summed E-state index contributed by atoms with van der Waals surface area (Å²) in [5, 5.41) is 3.24. The largest absolute Gasteiger partial charge is 0.497 e. The lowest BCUT2D eigenvalue weighted by atomic mass is 10.1. The highest BCUT2D eigenvalue weighted by Gasteiger charge is 2.17. The predicted octanol–water partition coefficient (Wildman–Crippen LogP) is 1.46. The molecule has 0 aromatic heterocycles. The van der Waals surface area contributed by atoms with Gasteiger partial charge in [0.05, 0.1) is 19.3 Å². The van der Waals surface area contributed by atoms with Crippen LogP contribution >= 0.6 is 0 Å². The van der Waals surface area contributed by atoms with Crippen molar-refractivity contribution in [3.05, 3.63) is 29.8 Å². The topological polar surface area (TPSA) is 47.6 Å². The summed E-state index contributed by atoms with van der Waals surface area (Å²) in [5.74, 6) is 0.929. The molecular weight excluding hydrogens is 218 g/mol. The van der Waals surface area contributed by atoms with Crippen LogP contribution in [-0.4, -0.2) is 32.8 Å². The fourth-order valence-corrected chi connectivity index (χ4v) is 1.86. The first-order valence-electron chi connectivity index (χ1n) is 5.81. The van der Waals surface area contributed by atoms with Crippen molar-refractivity contribution in [1.82, 2.24) is 5.32 Å². The summed E-state index contributed by atoms with van der Waals surface area (Å²) in [5.41, 5.74) is 0.566. The summed E-state index contributed by atoms with van der Waals surface area (Å²) in [4.78, 5) is 11.7. The van der Waals surface area contributed by atoms with Crippen molar-refractivity contribution in [3.63, 3.8) is 0 Å². The molecule has 92 valence electrons. The summed E-state index contributed by atoms with van der Waals surface area (Å²) in [7, 11) is 1.60. The maximum absolute atomic E-state index is 11.7. The van der Waals surface area contributed by atoms with Gasteiger partial charge in [-0.25, -0.2) is 4.79 Å². The van der Waals surface area contributed by atoms with Gasteiger partial charge in [-0.2, -0.15) is 0 Å². The van der Waals surface area contributed by atoms with E-state index in [1.165, 1.54) is 0 Å². The third kappa shape index (κ3) is 3.20. The van der Waals surface area contributed by atoms with Crippen LogP contribution in [0.1, 0.15) is 16.8 Å². The number of rotatable bonds is 4. The second-order valence-electron chi connectivity index (χ2n) is 4.19. The van der Waals surface area contributed by atoms with E-state index in [2.05, 4.69) is 5.32 Å². The number of carbonyl (C=O) groups excluding carboxylic acids is 1. The third-order valence-electron chi connectivity index (χ3n) is 2.94. The van der Waals surface area contributed by atoms with E-state index in [1.54, 1.807) is 31.4 Å². The second kappa shape index (κ2) is 5.68. The molecule has 0 saturated carbocycles. The molecule has 1 fully saturated rings. The maximum atomic E-state index is 11.7. The molecule has 17 heavy (non-hydrogen) atoms. The number of methoxy groups -OCH3 is 1. The zero-order valence-corrected chi connectivity index (χ0v) is 9.94. The molecule has 0 unspecified atom stereocenters. The van der Waals surface area contributed by atoms with Gasteiger partial charge in [-0.3, -0.25) is 0 Å². The molecule has 0 radical (unpaired) electrons. The minimum Gasteiger partial charge on any atom is -0.497 e. The lowest BCUT2D eigenvalue weighted by Crippen LogP contribution is -2.16. The molecule has 0 amide bonds. The van der Waals surface area contributed by atoms with Gasteiger partial charge in [-0.15, -0.1) is 0 Å². The minimum atomic E-state index is -0.264. The number of esters is 1. The Bertz CT molecular complexity index is 369. The molecule has 0 aliphatic carbocycles. The van der Waals surface area contributed by atoms with Crippen LogP contribution in [0.3, 0.4) is 0 Å². The molecule has 1 aliphatic rings. The van der Waals surface area contributed by atoms with E-state index in [4.69, 9.17) is 9.47 Å². The monoisotopic (exact) mass is 235 g/mol. The van der Waals surface area contributed by atoms with Gasteiger partial charge >= 0.3 is 5.97 Å². The average Bonchev–Trinajstić information content (AvgIpc) is 2.89. The summed E-state index contributed by atoms with van der Waals surface area (Å²) < 4.78 is 10.3. The highest BCUT2D eigenvalue weighted by Crippen LogP contribution is 2.13. The summed E-state index contributed by atoms with van der Waals surface area (Å²) in [6.07, 6.45) is 1.08. The van der Waals surface area contributed by atoms with Crippen LogP contribution in [0, 0.1) is 5.92 Å². The second-order valence-corrected chi connectivity index (χ2v) is 4.19. The number of nitrogens with one attached hydrogen (secondary N) is 1. The Morgan fingerprint density at radius 3 is 2.76 bits per heavy atom. The average molecular weight is 235 g/mol. The van der Waals surface area contributed by atoms with Gasteiger partial charge in [0.25, 0.3) is 0 Å². The molecular formula is C13H17NO3. The van der Waals surface area contributed by atoms with E-state index in [1.807, 2.05) is 0 Å². The van der Waals surface area contributed by atoms with Crippen molar-refractivity contribution < 1.29 is 14.3 Å². The zero-order chi connectivity index (χ0) is 12.1. The van der Waals surface area contributed by atoms with E-state index in [-0.39, 0.29) is 5.97 Å². The van der Waals surface area contributed by atoms with Crippen LogP contribution in [0.15, 0.2) is 24.3 Å². The van der Waals surface area contributed by atoms with Crippen LogP contribution in [-0.2, 0) is 4.74 Å². The van der Waals surface area contributed by atoms with E-state index in [0.717, 1.165) is 25.3 Å². The van der Waals surface area contributed by atoms with Crippen molar-refractivity contribution in [2.75, 3.05) is 26.8 Å². The lowest BCUT2D eigenvalue weighted by molar-refractivity contribution is 0.0450. The Morgan fingerprint density at radius 2 is 2.18 bits per heavy atom. The molecule has 4 nitrogen and oxygen atoms in total. The van der Waals surface area contributed by atoms with Gasteiger partial charge in [0, 0.05) is 12.5 Å². The number of ether oxygens (including phenoxy) is 2. The molecule has 0 spiro atoms. The Labute approximate surface area is 101 Å². The van der Waals surface area contributed by atoms with E-state index in [0.29, 0.717) is 18.1 Å². The smallest absolute Gasteiger partial charge is 0.338 e. The lowest BCUT2D eigenvalue weighted by Gasteiger charge is -2.09. The molecule has 2 rings (SSSR count). The van der Waals surface area contributed by atoms with Gasteiger partial charge in [-0.05, 0) is 37.2 Å². The van der Waals surface area contributed by atoms with Gasteiger partial charge < -0.3 is 14.8 Å². The van der Waals surface area contributed by atoms with Gasteiger partial charge in [0.2, 0.25) is 0 Å². The predicted molar refractivity (Wildman–Crippen MR) is 64.3 cm³/mol. The number of benzene rings is 1. The Kier molecular flexibility index (Phi) is 3.98. The van der Waals surface area contributed by atoms with Crippen LogP contribution < -0.4 is 10.1 Å². The van der Waals surface area contributed by atoms with Crippen LogP contribution in [0.4, 0.5) is 0 Å². The van der Waals surface area contributed by atoms with E-state index in [9.17, 15) is 4.79 Å².